The Morgan fingerprint density at radius 1 is 1.42 bits per heavy atom. The SMILES string of the molecule is Cc1cc(Cl)c(C(F)(F)F)cn1. The monoisotopic (exact) mass is 195 g/mol. The van der Waals surface area contributed by atoms with E-state index in [-0.39, 0.29) is 5.02 Å². The zero-order valence-corrected chi connectivity index (χ0v) is 6.87. The average Bonchev–Trinajstić information content (AvgIpc) is 1.83. The first-order valence-corrected chi connectivity index (χ1v) is 3.48. The summed E-state index contributed by atoms with van der Waals surface area (Å²) in [6.45, 7) is 1.58. The Labute approximate surface area is 72.2 Å². The van der Waals surface area contributed by atoms with Crippen molar-refractivity contribution in [3.05, 3.63) is 28.5 Å². The predicted molar refractivity (Wildman–Crippen MR) is 39.0 cm³/mol. The maximum atomic E-state index is 12.1. The summed E-state index contributed by atoms with van der Waals surface area (Å²) >= 11 is 5.35. The Morgan fingerprint density at radius 3 is 2.42 bits per heavy atom. The third kappa shape index (κ3) is 1.88. The van der Waals surface area contributed by atoms with Crippen LogP contribution < -0.4 is 0 Å². The number of hydrogen-bond donors (Lipinski definition) is 0. The van der Waals surface area contributed by atoms with Crippen LogP contribution in [0.1, 0.15) is 11.3 Å². The fourth-order valence-corrected chi connectivity index (χ4v) is 1.05. The number of rotatable bonds is 0. The Hall–Kier alpha value is -0.770. The molecule has 66 valence electrons. The lowest BCUT2D eigenvalue weighted by molar-refractivity contribution is -0.137. The Bertz CT molecular complexity index is 295. The molecular formula is C7H5ClF3N. The highest BCUT2D eigenvalue weighted by molar-refractivity contribution is 6.31. The van der Waals surface area contributed by atoms with E-state index >= 15 is 0 Å². The third-order valence-electron chi connectivity index (χ3n) is 1.30. The molecule has 0 aromatic carbocycles. The highest BCUT2D eigenvalue weighted by Gasteiger charge is 2.33. The van der Waals surface area contributed by atoms with Crippen LogP contribution in [0, 0.1) is 6.92 Å². The molecule has 0 aliphatic rings. The third-order valence-corrected chi connectivity index (χ3v) is 1.61. The molecule has 0 saturated carbocycles. The molecule has 12 heavy (non-hydrogen) atoms. The fraction of sp³-hybridized carbons (Fsp3) is 0.286. The average molecular weight is 196 g/mol. The van der Waals surface area contributed by atoms with Crippen LogP contribution in [0.3, 0.4) is 0 Å². The van der Waals surface area contributed by atoms with Gasteiger partial charge in [-0.1, -0.05) is 11.6 Å². The van der Waals surface area contributed by atoms with Gasteiger partial charge in [0.15, 0.2) is 0 Å². The molecule has 0 N–H and O–H groups in total. The van der Waals surface area contributed by atoms with Crippen LogP contribution in [0.4, 0.5) is 13.2 Å². The van der Waals surface area contributed by atoms with Gasteiger partial charge in [-0.25, -0.2) is 0 Å². The second kappa shape index (κ2) is 2.94. The van der Waals surface area contributed by atoms with E-state index in [0.717, 1.165) is 6.20 Å². The smallest absolute Gasteiger partial charge is 0.261 e. The number of hydrogen-bond acceptors (Lipinski definition) is 1. The lowest BCUT2D eigenvalue weighted by Crippen LogP contribution is -2.06. The van der Waals surface area contributed by atoms with Crippen LogP contribution in [0.2, 0.25) is 5.02 Å². The molecule has 0 aliphatic heterocycles. The fourth-order valence-electron chi connectivity index (χ4n) is 0.735. The van der Waals surface area contributed by atoms with Crippen molar-refractivity contribution in [1.29, 1.82) is 0 Å². The van der Waals surface area contributed by atoms with Crippen molar-refractivity contribution in [2.75, 3.05) is 0 Å². The van der Waals surface area contributed by atoms with Crippen LogP contribution in [0.5, 0.6) is 0 Å². The molecule has 0 saturated heterocycles. The summed E-state index contributed by atoms with van der Waals surface area (Å²) in [6, 6.07) is 1.18. The van der Waals surface area contributed by atoms with Gasteiger partial charge in [-0.3, -0.25) is 4.98 Å². The molecule has 0 unspecified atom stereocenters. The van der Waals surface area contributed by atoms with Crippen LogP contribution in [-0.2, 0) is 6.18 Å². The molecule has 1 aromatic heterocycles. The molecule has 1 heterocycles. The number of halogens is 4. The van der Waals surface area contributed by atoms with E-state index in [2.05, 4.69) is 4.98 Å². The van der Waals surface area contributed by atoms with E-state index in [1.807, 2.05) is 0 Å². The van der Waals surface area contributed by atoms with E-state index in [0.29, 0.717) is 5.69 Å². The second-order valence-electron chi connectivity index (χ2n) is 2.30. The van der Waals surface area contributed by atoms with Crippen molar-refractivity contribution in [2.24, 2.45) is 0 Å². The lowest BCUT2D eigenvalue weighted by Gasteiger charge is -2.07. The van der Waals surface area contributed by atoms with Crippen molar-refractivity contribution >= 4 is 11.6 Å². The first-order valence-electron chi connectivity index (χ1n) is 3.10. The summed E-state index contributed by atoms with van der Waals surface area (Å²) < 4.78 is 36.2. The first kappa shape index (κ1) is 9.32. The maximum Gasteiger partial charge on any atom is 0.419 e. The first-order chi connectivity index (χ1) is 5.41. The lowest BCUT2D eigenvalue weighted by atomic mass is 10.2. The van der Waals surface area contributed by atoms with Gasteiger partial charge in [0, 0.05) is 11.9 Å². The number of nitrogens with zero attached hydrogens (tertiary/aromatic N) is 1. The topological polar surface area (TPSA) is 12.9 Å². The summed E-state index contributed by atoms with van der Waals surface area (Å²) in [5.74, 6) is 0. The minimum Gasteiger partial charge on any atom is -0.261 e. The van der Waals surface area contributed by atoms with Crippen molar-refractivity contribution in [2.45, 2.75) is 13.1 Å². The van der Waals surface area contributed by atoms with E-state index in [1.54, 1.807) is 6.92 Å². The van der Waals surface area contributed by atoms with Gasteiger partial charge >= 0.3 is 6.18 Å². The van der Waals surface area contributed by atoms with Crippen LogP contribution in [-0.4, -0.2) is 4.98 Å². The molecule has 0 fully saturated rings. The molecule has 1 rings (SSSR count). The van der Waals surface area contributed by atoms with Crippen LogP contribution in [0.25, 0.3) is 0 Å². The van der Waals surface area contributed by atoms with Gasteiger partial charge in [-0.2, -0.15) is 13.2 Å². The molecule has 0 spiro atoms. The summed E-state index contributed by atoms with van der Waals surface area (Å²) in [5.41, 5.74) is -0.428. The number of alkyl halides is 3. The minimum absolute atomic E-state index is 0.310. The zero-order valence-electron chi connectivity index (χ0n) is 6.11. The normalized spacial score (nSPS) is 11.8. The molecule has 0 amide bonds. The Kier molecular flexibility index (Phi) is 2.28. The Morgan fingerprint density at radius 2 is 2.00 bits per heavy atom. The minimum atomic E-state index is -4.42. The second-order valence-corrected chi connectivity index (χ2v) is 2.71. The number of pyridine rings is 1. The summed E-state index contributed by atoms with van der Waals surface area (Å²) in [7, 11) is 0. The zero-order chi connectivity index (χ0) is 9.35. The molecule has 1 nitrogen and oxygen atoms in total. The molecule has 0 radical (unpaired) electrons. The highest BCUT2D eigenvalue weighted by Crippen LogP contribution is 2.33. The van der Waals surface area contributed by atoms with E-state index in [4.69, 9.17) is 11.6 Å². The van der Waals surface area contributed by atoms with Crippen molar-refractivity contribution in [3.63, 3.8) is 0 Å². The van der Waals surface area contributed by atoms with Crippen molar-refractivity contribution < 1.29 is 13.2 Å². The number of aryl methyl sites for hydroxylation is 1. The predicted octanol–water partition coefficient (Wildman–Crippen LogP) is 3.06. The van der Waals surface area contributed by atoms with E-state index in [1.165, 1.54) is 6.07 Å². The van der Waals surface area contributed by atoms with Gasteiger partial charge in [0.25, 0.3) is 0 Å². The van der Waals surface area contributed by atoms with Crippen LogP contribution >= 0.6 is 11.6 Å². The highest BCUT2D eigenvalue weighted by atomic mass is 35.5. The molecular weight excluding hydrogens is 191 g/mol. The number of aromatic nitrogens is 1. The molecule has 0 atom stereocenters. The summed E-state index contributed by atoms with van der Waals surface area (Å²) in [6.07, 6.45) is -3.69. The molecule has 5 heteroatoms. The van der Waals surface area contributed by atoms with Gasteiger partial charge in [-0.15, -0.1) is 0 Å². The van der Waals surface area contributed by atoms with Gasteiger partial charge in [0.1, 0.15) is 0 Å². The summed E-state index contributed by atoms with van der Waals surface area (Å²) in [4.78, 5) is 3.50. The van der Waals surface area contributed by atoms with Gasteiger partial charge < -0.3 is 0 Å². The van der Waals surface area contributed by atoms with Crippen LogP contribution in [0.15, 0.2) is 12.3 Å². The van der Waals surface area contributed by atoms with Gasteiger partial charge in [0.2, 0.25) is 0 Å². The molecule has 1 aromatic rings. The van der Waals surface area contributed by atoms with Crippen molar-refractivity contribution in [1.82, 2.24) is 4.98 Å². The standard InChI is InChI=1S/C7H5ClF3N/c1-4-2-6(8)5(3-12-4)7(9,10)11/h2-3H,1H3. The maximum absolute atomic E-state index is 12.1. The quantitative estimate of drug-likeness (QED) is 0.620. The van der Waals surface area contributed by atoms with Gasteiger partial charge in [0.05, 0.1) is 10.6 Å². The van der Waals surface area contributed by atoms with E-state index in [9.17, 15) is 13.2 Å². The van der Waals surface area contributed by atoms with E-state index < -0.39 is 11.7 Å². The molecule has 0 aliphatic carbocycles. The van der Waals surface area contributed by atoms with Crippen molar-refractivity contribution in [3.8, 4) is 0 Å². The molecule has 0 bridgehead atoms. The summed E-state index contributed by atoms with van der Waals surface area (Å²) in [5, 5.41) is -0.310. The van der Waals surface area contributed by atoms with Gasteiger partial charge in [-0.05, 0) is 13.0 Å². The Balaban J connectivity index is 3.19. The largest absolute Gasteiger partial charge is 0.419 e.